The van der Waals surface area contributed by atoms with E-state index < -0.39 is 5.60 Å². The molecule has 3 aromatic rings. The van der Waals surface area contributed by atoms with E-state index >= 15 is 0 Å². The molecule has 1 aliphatic carbocycles. The van der Waals surface area contributed by atoms with Gasteiger partial charge in [-0.15, -0.1) is 0 Å². The van der Waals surface area contributed by atoms with Gasteiger partial charge in [-0.05, 0) is 54.3 Å². The van der Waals surface area contributed by atoms with Gasteiger partial charge in [0.05, 0.1) is 10.5 Å². The lowest BCUT2D eigenvalue weighted by Crippen LogP contribution is -2.53. The topological polar surface area (TPSA) is 76.6 Å². The van der Waals surface area contributed by atoms with E-state index in [4.69, 9.17) is 11.6 Å². The Hall–Kier alpha value is -2.83. The molecule has 0 atom stereocenters. The largest absolute Gasteiger partial charge is 0.380 e. The Bertz CT molecular complexity index is 1130. The van der Waals surface area contributed by atoms with Gasteiger partial charge in [0.25, 0.3) is 11.8 Å². The van der Waals surface area contributed by atoms with Crippen LogP contribution in [-0.4, -0.2) is 63.5 Å². The van der Waals surface area contributed by atoms with Crippen LogP contribution in [0.4, 0.5) is 0 Å². The first kappa shape index (κ1) is 19.2. The average Bonchev–Trinajstić information content (AvgIpc) is 3.34. The van der Waals surface area contributed by atoms with Crippen molar-refractivity contribution in [2.75, 3.05) is 26.2 Å². The smallest absolute Gasteiger partial charge is 0.254 e. The fourth-order valence-electron chi connectivity index (χ4n) is 4.02. The van der Waals surface area contributed by atoms with Crippen LogP contribution < -0.4 is 0 Å². The van der Waals surface area contributed by atoms with Crippen LogP contribution in [0.25, 0.3) is 22.0 Å². The first-order valence-electron chi connectivity index (χ1n) is 10.1. The SMILES string of the molecule is O=C(c1ccc(-c2cc(Cl)c3[nH]ccc3c2)cc1)N1CCN(C(=O)C2(O)CC2)CC1. The van der Waals surface area contributed by atoms with Crippen LogP contribution in [-0.2, 0) is 4.79 Å². The maximum absolute atomic E-state index is 12.9. The van der Waals surface area contributed by atoms with E-state index in [0.717, 1.165) is 22.0 Å². The number of aliphatic hydroxyl groups is 1. The molecule has 2 N–H and O–H groups in total. The number of aromatic amines is 1. The third-order valence-electron chi connectivity index (χ3n) is 6.05. The Kier molecular flexibility index (Phi) is 4.56. The minimum absolute atomic E-state index is 0.0436. The van der Waals surface area contributed by atoms with E-state index in [1.165, 1.54) is 0 Å². The number of carbonyl (C=O) groups excluding carboxylic acids is 2. The average molecular weight is 424 g/mol. The fraction of sp³-hybridized carbons (Fsp3) is 0.304. The standard InChI is InChI=1S/C23H22ClN3O3/c24-19-14-18(13-17-5-8-25-20(17)19)15-1-3-16(4-2-15)21(28)26-9-11-27(12-10-26)22(29)23(30)6-7-23/h1-5,8,13-14,25,30H,6-7,9-12H2. The van der Waals surface area contributed by atoms with Crippen LogP contribution in [0.5, 0.6) is 0 Å². The molecule has 5 rings (SSSR count). The summed E-state index contributed by atoms with van der Waals surface area (Å²) in [6.45, 7) is 1.87. The lowest BCUT2D eigenvalue weighted by molar-refractivity contribution is -0.143. The molecule has 2 heterocycles. The van der Waals surface area contributed by atoms with Crippen molar-refractivity contribution in [3.63, 3.8) is 0 Å². The number of carbonyl (C=O) groups is 2. The molecule has 0 unspecified atom stereocenters. The van der Waals surface area contributed by atoms with Gasteiger partial charge in [0, 0.05) is 43.3 Å². The summed E-state index contributed by atoms with van der Waals surface area (Å²) in [6.07, 6.45) is 2.94. The summed E-state index contributed by atoms with van der Waals surface area (Å²) in [4.78, 5) is 31.7. The predicted octanol–water partition coefficient (Wildman–Crippen LogP) is 3.30. The molecule has 2 aromatic carbocycles. The monoisotopic (exact) mass is 423 g/mol. The molecular weight excluding hydrogens is 402 g/mol. The van der Waals surface area contributed by atoms with Crippen molar-refractivity contribution in [2.24, 2.45) is 0 Å². The molecule has 1 saturated carbocycles. The zero-order chi connectivity index (χ0) is 20.9. The lowest BCUT2D eigenvalue weighted by Gasteiger charge is -2.35. The Labute approximate surface area is 179 Å². The number of hydrogen-bond acceptors (Lipinski definition) is 3. The van der Waals surface area contributed by atoms with Crippen molar-refractivity contribution < 1.29 is 14.7 Å². The second kappa shape index (κ2) is 7.15. The van der Waals surface area contributed by atoms with Crippen molar-refractivity contribution in [1.82, 2.24) is 14.8 Å². The second-order valence-corrected chi connectivity index (χ2v) is 8.50. The minimum Gasteiger partial charge on any atom is -0.380 e. The highest BCUT2D eigenvalue weighted by molar-refractivity contribution is 6.35. The Morgan fingerprint density at radius 2 is 1.60 bits per heavy atom. The van der Waals surface area contributed by atoms with E-state index in [2.05, 4.69) is 11.1 Å². The third-order valence-corrected chi connectivity index (χ3v) is 6.35. The molecule has 2 amide bonds. The summed E-state index contributed by atoms with van der Waals surface area (Å²) in [5, 5.41) is 11.7. The maximum Gasteiger partial charge on any atom is 0.254 e. The van der Waals surface area contributed by atoms with Gasteiger partial charge in [-0.2, -0.15) is 0 Å². The molecule has 7 heteroatoms. The molecule has 2 aliphatic rings. The van der Waals surface area contributed by atoms with E-state index in [0.29, 0.717) is 49.6 Å². The Balaban J connectivity index is 1.27. The second-order valence-electron chi connectivity index (χ2n) is 8.09. The van der Waals surface area contributed by atoms with Crippen LogP contribution in [0.1, 0.15) is 23.2 Å². The molecule has 0 bridgehead atoms. The van der Waals surface area contributed by atoms with Crippen molar-refractivity contribution in [1.29, 1.82) is 0 Å². The Morgan fingerprint density at radius 1 is 0.933 bits per heavy atom. The van der Waals surface area contributed by atoms with Crippen LogP contribution >= 0.6 is 11.6 Å². The summed E-state index contributed by atoms with van der Waals surface area (Å²) in [5.74, 6) is -0.241. The molecule has 1 aromatic heterocycles. The molecule has 1 saturated heterocycles. The highest BCUT2D eigenvalue weighted by Crippen LogP contribution is 2.37. The molecule has 6 nitrogen and oxygen atoms in total. The number of halogens is 1. The zero-order valence-electron chi connectivity index (χ0n) is 16.4. The molecule has 154 valence electrons. The van der Waals surface area contributed by atoms with Gasteiger partial charge < -0.3 is 19.9 Å². The number of hydrogen-bond donors (Lipinski definition) is 2. The van der Waals surface area contributed by atoms with Gasteiger partial charge in [0.15, 0.2) is 0 Å². The number of amides is 2. The fourth-order valence-corrected chi connectivity index (χ4v) is 4.30. The van der Waals surface area contributed by atoms with Gasteiger partial charge in [-0.1, -0.05) is 23.7 Å². The summed E-state index contributed by atoms with van der Waals surface area (Å²) >= 11 is 6.37. The van der Waals surface area contributed by atoms with Crippen molar-refractivity contribution in [3.8, 4) is 11.1 Å². The predicted molar refractivity (Wildman–Crippen MR) is 115 cm³/mol. The number of nitrogens with zero attached hydrogens (tertiary/aromatic N) is 2. The lowest BCUT2D eigenvalue weighted by atomic mass is 10.0. The molecule has 2 fully saturated rings. The number of fused-ring (bicyclic) bond motifs is 1. The number of rotatable bonds is 3. The van der Waals surface area contributed by atoms with Crippen molar-refractivity contribution in [2.45, 2.75) is 18.4 Å². The van der Waals surface area contributed by atoms with Gasteiger partial charge in [-0.25, -0.2) is 0 Å². The maximum atomic E-state index is 12.9. The van der Waals surface area contributed by atoms with E-state index in [9.17, 15) is 14.7 Å². The highest BCUT2D eigenvalue weighted by Gasteiger charge is 2.50. The zero-order valence-corrected chi connectivity index (χ0v) is 17.2. The van der Waals surface area contributed by atoms with Crippen molar-refractivity contribution >= 4 is 34.3 Å². The van der Waals surface area contributed by atoms with Crippen LogP contribution in [0.2, 0.25) is 5.02 Å². The van der Waals surface area contributed by atoms with E-state index in [1.807, 2.05) is 42.6 Å². The van der Waals surface area contributed by atoms with Crippen molar-refractivity contribution in [3.05, 3.63) is 59.2 Å². The normalized spacial score (nSPS) is 17.9. The molecule has 1 aliphatic heterocycles. The first-order chi connectivity index (χ1) is 14.4. The van der Waals surface area contributed by atoms with Gasteiger partial charge in [0.2, 0.25) is 0 Å². The number of piperazine rings is 1. The van der Waals surface area contributed by atoms with Gasteiger partial charge >= 0.3 is 0 Å². The molecule has 0 radical (unpaired) electrons. The number of aromatic nitrogens is 1. The number of benzene rings is 2. The summed E-state index contributed by atoms with van der Waals surface area (Å²) in [6, 6.07) is 13.5. The quantitative estimate of drug-likeness (QED) is 0.678. The first-order valence-corrected chi connectivity index (χ1v) is 10.5. The van der Waals surface area contributed by atoms with Crippen LogP contribution in [0.15, 0.2) is 48.7 Å². The molecule has 30 heavy (non-hydrogen) atoms. The van der Waals surface area contributed by atoms with Gasteiger partial charge in [-0.3, -0.25) is 9.59 Å². The highest BCUT2D eigenvalue weighted by atomic mass is 35.5. The van der Waals surface area contributed by atoms with E-state index in [1.54, 1.807) is 9.80 Å². The summed E-state index contributed by atoms with van der Waals surface area (Å²) < 4.78 is 0. The molecule has 0 spiro atoms. The number of nitrogens with one attached hydrogen (secondary N) is 1. The Morgan fingerprint density at radius 3 is 2.27 bits per heavy atom. The van der Waals surface area contributed by atoms with E-state index in [-0.39, 0.29) is 11.8 Å². The third kappa shape index (κ3) is 3.36. The summed E-state index contributed by atoms with van der Waals surface area (Å²) in [7, 11) is 0. The van der Waals surface area contributed by atoms with Gasteiger partial charge in [0.1, 0.15) is 5.60 Å². The van der Waals surface area contributed by atoms with Crippen LogP contribution in [0, 0.1) is 0 Å². The summed E-state index contributed by atoms with van der Waals surface area (Å²) in [5.41, 5.74) is 2.38. The number of H-pyrrole nitrogens is 1. The molecular formula is C23H22ClN3O3. The minimum atomic E-state index is -1.14. The van der Waals surface area contributed by atoms with Crippen LogP contribution in [0.3, 0.4) is 0 Å².